The zero-order valence-corrected chi connectivity index (χ0v) is 13.4. The molecule has 1 heterocycles. The zero-order valence-electron chi connectivity index (χ0n) is 12.6. The summed E-state index contributed by atoms with van der Waals surface area (Å²) < 4.78 is 2.04. The molecule has 2 aromatic rings. The molecular formula is C17H16ClN3O. The summed E-state index contributed by atoms with van der Waals surface area (Å²) in [5.74, 6) is -0.393. The van der Waals surface area contributed by atoms with Gasteiger partial charge in [-0.25, -0.2) is 0 Å². The zero-order chi connectivity index (χ0) is 16.3. The number of halogens is 1. The molecule has 1 N–H and O–H groups in total. The number of carbonyl (C=O) groups is 1. The molecule has 0 atom stereocenters. The maximum atomic E-state index is 11.6. The average molecular weight is 314 g/mol. The Labute approximate surface area is 134 Å². The smallest absolute Gasteiger partial charge is 0.261 e. The van der Waals surface area contributed by atoms with Gasteiger partial charge in [0.1, 0.15) is 11.6 Å². The van der Waals surface area contributed by atoms with Crippen molar-refractivity contribution in [2.24, 2.45) is 0 Å². The van der Waals surface area contributed by atoms with Crippen LogP contribution in [0.2, 0.25) is 5.02 Å². The van der Waals surface area contributed by atoms with Crippen LogP contribution in [0.3, 0.4) is 0 Å². The van der Waals surface area contributed by atoms with E-state index in [1.165, 1.54) is 7.05 Å². The van der Waals surface area contributed by atoms with Crippen molar-refractivity contribution in [3.05, 3.63) is 57.9 Å². The lowest BCUT2D eigenvalue weighted by Crippen LogP contribution is -2.19. The Balaban J connectivity index is 2.55. The highest BCUT2D eigenvalue weighted by Crippen LogP contribution is 2.24. The topological polar surface area (TPSA) is 57.8 Å². The van der Waals surface area contributed by atoms with Gasteiger partial charge in [-0.2, -0.15) is 5.26 Å². The third-order valence-electron chi connectivity index (χ3n) is 3.43. The molecule has 0 fully saturated rings. The first kappa shape index (κ1) is 15.9. The lowest BCUT2D eigenvalue weighted by Gasteiger charge is -2.10. The Hall–Kier alpha value is -2.51. The SMILES string of the molecule is CNC(=O)/C(C#N)=C\c1cc(C)n(-c2cccc(Cl)c2)c1C. The standard InChI is InChI=1S/C17H16ClN3O/c1-11-7-13(8-14(10-19)17(22)20-3)12(2)21(11)16-6-4-5-15(18)9-16/h4-9H,1-3H3,(H,20,22)/b14-8-. The van der Waals surface area contributed by atoms with Crippen LogP contribution in [0.5, 0.6) is 0 Å². The Morgan fingerprint density at radius 2 is 2.09 bits per heavy atom. The highest BCUT2D eigenvalue weighted by molar-refractivity contribution is 6.30. The van der Waals surface area contributed by atoms with E-state index in [0.29, 0.717) is 5.02 Å². The Kier molecular flexibility index (Phi) is 4.69. The molecule has 0 aliphatic carbocycles. The second-order valence-corrected chi connectivity index (χ2v) is 5.33. The maximum Gasteiger partial charge on any atom is 0.261 e. The minimum Gasteiger partial charge on any atom is -0.354 e. The van der Waals surface area contributed by atoms with Crippen LogP contribution >= 0.6 is 11.6 Å². The van der Waals surface area contributed by atoms with Crippen LogP contribution in [0.1, 0.15) is 17.0 Å². The van der Waals surface area contributed by atoms with Gasteiger partial charge in [0.15, 0.2) is 0 Å². The monoisotopic (exact) mass is 313 g/mol. The number of nitrogens with one attached hydrogen (secondary N) is 1. The molecule has 1 aromatic heterocycles. The summed E-state index contributed by atoms with van der Waals surface area (Å²) in [7, 11) is 1.50. The van der Waals surface area contributed by atoms with E-state index < -0.39 is 5.91 Å². The Morgan fingerprint density at radius 3 is 2.68 bits per heavy atom. The lowest BCUT2D eigenvalue weighted by atomic mass is 10.1. The van der Waals surface area contributed by atoms with Crippen LogP contribution in [0.15, 0.2) is 35.9 Å². The minimum atomic E-state index is -0.393. The number of aromatic nitrogens is 1. The molecule has 0 aliphatic heterocycles. The molecule has 2 rings (SSSR count). The first-order valence-electron chi connectivity index (χ1n) is 6.76. The van der Waals surface area contributed by atoms with Gasteiger partial charge in [-0.15, -0.1) is 0 Å². The van der Waals surface area contributed by atoms with Crippen molar-refractivity contribution in [3.63, 3.8) is 0 Å². The van der Waals surface area contributed by atoms with E-state index in [1.807, 2.05) is 54.8 Å². The van der Waals surface area contributed by atoms with Crippen molar-refractivity contribution in [3.8, 4) is 11.8 Å². The number of nitriles is 1. The van der Waals surface area contributed by atoms with E-state index >= 15 is 0 Å². The van der Waals surface area contributed by atoms with Gasteiger partial charge in [0.2, 0.25) is 0 Å². The van der Waals surface area contributed by atoms with Gasteiger partial charge < -0.3 is 9.88 Å². The fourth-order valence-electron chi connectivity index (χ4n) is 2.39. The van der Waals surface area contributed by atoms with Crippen LogP contribution in [0, 0.1) is 25.2 Å². The van der Waals surface area contributed by atoms with E-state index in [-0.39, 0.29) is 5.57 Å². The largest absolute Gasteiger partial charge is 0.354 e. The van der Waals surface area contributed by atoms with Crippen LogP contribution in [-0.2, 0) is 4.79 Å². The summed E-state index contributed by atoms with van der Waals surface area (Å²) >= 11 is 6.05. The normalized spacial score (nSPS) is 11.1. The van der Waals surface area contributed by atoms with E-state index in [9.17, 15) is 4.79 Å². The number of carbonyl (C=O) groups excluding carboxylic acids is 1. The summed E-state index contributed by atoms with van der Waals surface area (Å²) in [5.41, 5.74) is 3.80. The molecular weight excluding hydrogens is 298 g/mol. The predicted molar refractivity (Wildman–Crippen MR) is 87.9 cm³/mol. The summed E-state index contributed by atoms with van der Waals surface area (Å²) in [6.07, 6.45) is 1.60. The van der Waals surface area contributed by atoms with E-state index in [2.05, 4.69) is 5.32 Å². The molecule has 1 aromatic carbocycles. The number of hydrogen-bond acceptors (Lipinski definition) is 2. The molecule has 112 valence electrons. The van der Waals surface area contributed by atoms with Crippen molar-refractivity contribution in [1.29, 1.82) is 5.26 Å². The third kappa shape index (κ3) is 3.05. The summed E-state index contributed by atoms with van der Waals surface area (Å²) in [6, 6.07) is 11.4. The van der Waals surface area contributed by atoms with E-state index in [0.717, 1.165) is 22.6 Å². The van der Waals surface area contributed by atoms with Crippen molar-refractivity contribution < 1.29 is 4.79 Å². The number of rotatable bonds is 3. The predicted octanol–water partition coefficient (Wildman–Crippen LogP) is 3.40. The number of likely N-dealkylation sites (N-methyl/N-ethyl adjacent to an activating group) is 1. The molecule has 5 heteroatoms. The number of aryl methyl sites for hydroxylation is 1. The summed E-state index contributed by atoms with van der Waals surface area (Å²) in [5, 5.41) is 12.2. The van der Waals surface area contributed by atoms with Crippen molar-refractivity contribution in [2.45, 2.75) is 13.8 Å². The van der Waals surface area contributed by atoms with Gasteiger partial charge >= 0.3 is 0 Å². The van der Waals surface area contributed by atoms with Crippen LogP contribution in [0.25, 0.3) is 11.8 Å². The van der Waals surface area contributed by atoms with Gasteiger partial charge in [-0.3, -0.25) is 4.79 Å². The number of nitrogens with zero attached hydrogens (tertiary/aromatic N) is 2. The molecule has 0 aliphatic rings. The first-order valence-corrected chi connectivity index (χ1v) is 7.14. The van der Waals surface area contributed by atoms with E-state index in [1.54, 1.807) is 6.08 Å². The number of benzene rings is 1. The number of hydrogen-bond donors (Lipinski definition) is 1. The number of amides is 1. The van der Waals surface area contributed by atoms with Gasteiger partial charge in [-0.1, -0.05) is 17.7 Å². The fraction of sp³-hybridized carbons (Fsp3) is 0.176. The third-order valence-corrected chi connectivity index (χ3v) is 3.66. The Morgan fingerprint density at radius 1 is 1.36 bits per heavy atom. The maximum absolute atomic E-state index is 11.6. The van der Waals surface area contributed by atoms with Crippen molar-refractivity contribution in [1.82, 2.24) is 9.88 Å². The van der Waals surface area contributed by atoms with Gasteiger partial charge in [0, 0.05) is 29.1 Å². The van der Waals surface area contributed by atoms with Gasteiger partial charge in [-0.05, 0) is 49.8 Å². The molecule has 4 nitrogen and oxygen atoms in total. The molecule has 0 saturated carbocycles. The molecule has 0 unspecified atom stereocenters. The Bertz CT molecular complexity index is 797. The highest BCUT2D eigenvalue weighted by atomic mass is 35.5. The summed E-state index contributed by atoms with van der Waals surface area (Å²) in [6.45, 7) is 3.91. The van der Waals surface area contributed by atoms with E-state index in [4.69, 9.17) is 16.9 Å². The fourth-order valence-corrected chi connectivity index (χ4v) is 2.57. The molecule has 0 bridgehead atoms. The average Bonchev–Trinajstić information content (AvgIpc) is 2.78. The second-order valence-electron chi connectivity index (χ2n) is 4.89. The molecule has 0 saturated heterocycles. The van der Waals surface area contributed by atoms with Crippen LogP contribution in [-0.4, -0.2) is 17.5 Å². The van der Waals surface area contributed by atoms with Gasteiger partial charge in [0.05, 0.1) is 0 Å². The highest BCUT2D eigenvalue weighted by Gasteiger charge is 2.12. The lowest BCUT2D eigenvalue weighted by molar-refractivity contribution is -0.116. The molecule has 0 radical (unpaired) electrons. The van der Waals surface area contributed by atoms with Crippen molar-refractivity contribution >= 4 is 23.6 Å². The minimum absolute atomic E-state index is 0.0776. The molecule has 1 amide bonds. The first-order chi connectivity index (χ1) is 10.5. The van der Waals surface area contributed by atoms with Crippen LogP contribution in [0.4, 0.5) is 0 Å². The second kappa shape index (κ2) is 6.50. The summed E-state index contributed by atoms with van der Waals surface area (Å²) in [4.78, 5) is 11.6. The van der Waals surface area contributed by atoms with Crippen LogP contribution < -0.4 is 5.32 Å². The van der Waals surface area contributed by atoms with Crippen molar-refractivity contribution in [2.75, 3.05) is 7.05 Å². The molecule has 22 heavy (non-hydrogen) atoms. The molecule has 0 spiro atoms. The quantitative estimate of drug-likeness (QED) is 0.697. The van der Waals surface area contributed by atoms with Gasteiger partial charge in [0.25, 0.3) is 5.91 Å².